The van der Waals surface area contributed by atoms with Crippen molar-refractivity contribution in [2.24, 2.45) is 0 Å². The zero-order valence-corrected chi connectivity index (χ0v) is 26.0. The van der Waals surface area contributed by atoms with Crippen LogP contribution >= 0.6 is 0 Å². The summed E-state index contributed by atoms with van der Waals surface area (Å²) in [6.07, 6.45) is 2.08. The van der Waals surface area contributed by atoms with Crippen molar-refractivity contribution in [2.45, 2.75) is 65.2 Å². The van der Waals surface area contributed by atoms with Crippen molar-refractivity contribution >= 4 is 34.1 Å². The van der Waals surface area contributed by atoms with E-state index in [2.05, 4.69) is 185 Å². The second-order valence-corrected chi connectivity index (χ2v) is 12.4. The van der Waals surface area contributed by atoms with Crippen LogP contribution < -0.4 is 9.80 Å². The van der Waals surface area contributed by atoms with Crippen LogP contribution in [-0.4, -0.2) is 0 Å². The molecule has 0 N–H and O–H groups in total. The first-order chi connectivity index (χ1) is 20.3. The van der Waals surface area contributed by atoms with E-state index in [9.17, 15) is 0 Å². The highest BCUT2D eigenvalue weighted by atomic mass is 15.2. The zero-order chi connectivity index (χ0) is 29.7. The maximum Gasteiger partial charge on any atom is 0.0503 e. The van der Waals surface area contributed by atoms with Gasteiger partial charge < -0.3 is 9.80 Å². The van der Waals surface area contributed by atoms with Crippen molar-refractivity contribution in [3.63, 3.8) is 0 Å². The van der Waals surface area contributed by atoms with Crippen LogP contribution in [0.1, 0.15) is 65.5 Å². The van der Waals surface area contributed by atoms with E-state index in [4.69, 9.17) is 0 Å². The highest BCUT2D eigenvalue weighted by Crippen LogP contribution is 2.50. The normalized spacial score (nSPS) is 11.8. The van der Waals surface area contributed by atoms with Gasteiger partial charge in [-0.1, -0.05) is 114 Å². The standard InChI is InChI=1S/C40H44N2/c1-7-40(6,8-2)36-30-37(41(31-21-13-9-14-22-31)32-23-15-10-16-24-32)35(39(3,4)5)29-38(36)42(33-25-17-11-18-26-33)34-27-19-12-20-28-34/h9-30H,7-8H2,1-6H3. The van der Waals surface area contributed by atoms with E-state index in [-0.39, 0.29) is 10.8 Å². The third kappa shape index (κ3) is 5.85. The molecule has 0 spiro atoms. The van der Waals surface area contributed by atoms with Crippen LogP contribution in [0.5, 0.6) is 0 Å². The van der Waals surface area contributed by atoms with Crippen LogP contribution in [0.2, 0.25) is 0 Å². The van der Waals surface area contributed by atoms with E-state index in [1.807, 2.05) is 0 Å². The van der Waals surface area contributed by atoms with Gasteiger partial charge in [-0.2, -0.15) is 0 Å². The predicted octanol–water partition coefficient (Wildman–Crippen LogP) is 12.0. The van der Waals surface area contributed by atoms with Crippen LogP contribution in [0.15, 0.2) is 133 Å². The summed E-state index contributed by atoms with van der Waals surface area (Å²) in [6.45, 7) is 14.1. The smallest absolute Gasteiger partial charge is 0.0503 e. The molecule has 0 aliphatic rings. The van der Waals surface area contributed by atoms with Crippen LogP contribution in [0.25, 0.3) is 0 Å². The number of anilines is 6. The zero-order valence-electron chi connectivity index (χ0n) is 26.0. The second kappa shape index (κ2) is 12.3. The lowest BCUT2D eigenvalue weighted by Crippen LogP contribution is -2.27. The molecule has 2 nitrogen and oxygen atoms in total. The summed E-state index contributed by atoms with van der Waals surface area (Å²) in [5.41, 5.74) is 9.64. The third-order valence-corrected chi connectivity index (χ3v) is 8.67. The van der Waals surface area contributed by atoms with Gasteiger partial charge in [0.05, 0.1) is 11.4 Å². The van der Waals surface area contributed by atoms with Crippen molar-refractivity contribution in [2.75, 3.05) is 9.80 Å². The molecule has 5 aromatic rings. The van der Waals surface area contributed by atoms with Crippen molar-refractivity contribution in [3.8, 4) is 0 Å². The van der Waals surface area contributed by atoms with E-state index in [0.29, 0.717) is 0 Å². The number of benzene rings is 5. The molecule has 0 radical (unpaired) electrons. The van der Waals surface area contributed by atoms with E-state index in [1.165, 1.54) is 22.5 Å². The average Bonchev–Trinajstić information content (AvgIpc) is 3.03. The Bertz CT molecular complexity index is 1490. The average molecular weight is 553 g/mol. The molecule has 5 rings (SSSR count). The quantitative estimate of drug-likeness (QED) is 0.179. The molecule has 0 saturated heterocycles. The van der Waals surface area contributed by atoms with Crippen molar-refractivity contribution in [3.05, 3.63) is 145 Å². The molecule has 0 bridgehead atoms. The molecule has 0 aliphatic carbocycles. The Morgan fingerprint density at radius 3 is 1.00 bits per heavy atom. The first kappa shape index (κ1) is 29.2. The number of hydrogen-bond acceptors (Lipinski definition) is 2. The fourth-order valence-corrected chi connectivity index (χ4v) is 5.82. The van der Waals surface area contributed by atoms with Crippen molar-refractivity contribution in [1.82, 2.24) is 0 Å². The Labute approximate surface area is 253 Å². The molecule has 0 aromatic heterocycles. The van der Waals surface area contributed by atoms with Gasteiger partial charge >= 0.3 is 0 Å². The monoisotopic (exact) mass is 552 g/mol. The Balaban J connectivity index is 1.90. The van der Waals surface area contributed by atoms with Crippen LogP contribution in [0, 0.1) is 0 Å². The van der Waals surface area contributed by atoms with E-state index >= 15 is 0 Å². The maximum atomic E-state index is 2.50. The van der Waals surface area contributed by atoms with Gasteiger partial charge in [0.15, 0.2) is 0 Å². The highest BCUT2D eigenvalue weighted by molar-refractivity contribution is 5.86. The Kier molecular flexibility index (Phi) is 8.54. The minimum Gasteiger partial charge on any atom is -0.310 e. The molecular weight excluding hydrogens is 508 g/mol. The van der Waals surface area contributed by atoms with Gasteiger partial charge in [0.2, 0.25) is 0 Å². The number of rotatable bonds is 9. The molecule has 2 heteroatoms. The predicted molar refractivity (Wildman–Crippen MR) is 182 cm³/mol. The molecular formula is C40H44N2. The van der Waals surface area contributed by atoms with Crippen molar-refractivity contribution in [1.29, 1.82) is 0 Å². The SMILES string of the molecule is CCC(C)(CC)c1cc(N(c2ccccc2)c2ccccc2)c(C(C)(C)C)cc1N(c1ccccc1)c1ccccc1. The Morgan fingerprint density at radius 1 is 0.429 bits per heavy atom. The van der Waals surface area contributed by atoms with Gasteiger partial charge in [-0.25, -0.2) is 0 Å². The second-order valence-electron chi connectivity index (χ2n) is 12.4. The lowest BCUT2D eigenvalue weighted by molar-refractivity contribution is 0.439. The molecule has 0 fully saturated rings. The topological polar surface area (TPSA) is 6.48 Å². The third-order valence-electron chi connectivity index (χ3n) is 8.67. The largest absolute Gasteiger partial charge is 0.310 e. The van der Waals surface area contributed by atoms with E-state index < -0.39 is 0 Å². The minimum atomic E-state index is -0.113. The molecule has 0 amide bonds. The molecule has 0 atom stereocenters. The summed E-state index contributed by atoms with van der Waals surface area (Å²) in [6, 6.07) is 48.1. The first-order valence-corrected chi connectivity index (χ1v) is 15.3. The van der Waals surface area contributed by atoms with E-state index in [1.54, 1.807) is 0 Å². The Hall–Kier alpha value is -4.30. The van der Waals surface area contributed by atoms with Crippen LogP contribution in [-0.2, 0) is 10.8 Å². The summed E-state index contributed by atoms with van der Waals surface area (Å²) in [4.78, 5) is 4.89. The lowest BCUT2D eigenvalue weighted by Gasteiger charge is -2.39. The fourth-order valence-electron chi connectivity index (χ4n) is 5.82. The number of para-hydroxylation sites is 4. The molecule has 0 unspecified atom stereocenters. The van der Waals surface area contributed by atoms with Gasteiger partial charge in [-0.3, -0.25) is 0 Å². The van der Waals surface area contributed by atoms with Crippen LogP contribution in [0.4, 0.5) is 34.1 Å². The van der Waals surface area contributed by atoms with Gasteiger partial charge in [0, 0.05) is 22.7 Å². The van der Waals surface area contributed by atoms with Gasteiger partial charge in [0.25, 0.3) is 0 Å². The number of nitrogens with zero attached hydrogens (tertiary/aromatic N) is 2. The lowest BCUT2D eigenvalue weighted by atomic mass is 9.74. The molecule has 5 aromatic carbocycles. The minimum absolute atomic E-state index is 0.0264. The maximum absolute atomic E-state index is 2.50. The molecule has 0 aliphatic heterocycles. The van der Waals surface area contributed by atoms with Gasteiger partial charge in [-0.15, -0.1) is 0 Å². The van der Waals surface area contributed by atoms with Gasteiger partial charge in [-0.05, 0) is 95.5 Å². The molecule has 214 valence electrons. The summed E-state index contributed by atoms with van der Waals surface area (Å²) in [7, 11) is 0. The Morgan fingerprint density at radius 2 is 0.714 bits per heavy atom. The van der Waals surface area contributed by atoms with Crippen molar-refractivity contribution < 1.29 is 0 Å². The summed E-state index contributed by atoms with van der Waals surface area (Å²) in [5.74, 6) is 0. The van der Waals surface area contributed by atoms with Crippen LogP contribution in [0.3, 0.4) is 0 Å². The summed E-state index contributed by atoms with van der Waals surface area (Å²) < 4.78 is 0. The number of hydrogen-bond donors (Lipinski definition) is 0. The summed E-state index contributed by atoms with van der Waals surface area (Å²) >= 11 is 0. The first-order valence-electron chi connectivity index (χ1n) is 15.3. The molecule has 0 heterocycles. The van der Waals surface area contributed by atoms with Gasteiger partial charge in [0.1, 0.15) is 0 Å². The molecule has 42 heavy (non-hydrogen) atoms. The fraction of sp³-hybridized carbons (Fsp3) is 0.250. The van der Waals surface area contributed by atoms with E-state index in [0.717, 1.165) is 35.6 Å². The molecule has 0 saturated carbocycles. The highest BCUT2D eigenvalue weighted by Gasteiger charge is 2.33. The summed E-state index contributed by atoms with van der Waals surface area (Å²) in [5, 5.41) is 0.